The Labute approximate surface area is 171 Å². The van der Waals surface area contributed by atoms with E-state index in [-0.39, 0.29) is 27.6 Å². The van der Waals surface area contributed by atoms with Crippen LogP contribution in [-0.4, -0.2) is 23.1 Å². The summed E-state index contributed by atoms with van der Waals surface area (Å²) in [6.45, 7) is 1.57. The second kappa shape index (κ2) is 9.03. The van der Waals surface area contributed by atoms with Crippen molar-refractivity contribution in [2.75, 3.05) is 10.6 Å². The average Bonchev–Trinajstić information content (AvgIpc) is 3.04. The Morgan fingerprint density at radius 2 is 1.59 bits per heavy atom. The lowest BCUT2D eigenvalue weighted by Gasteiger charge is -2.06. The summed E-state index contributed by atoms with van der Waals surface area (Å²) in [6, 6.07) is 17.9. The van der Waals surface area contributed by atoms with E-state index in [1.54, 1.807) is 36.4 Å². The van der Waals surface area contributed by atoms with Crippen molar-refractivity contribution in [3.8, 4) is 0 Å². The first-order chi connectivity index (χ1) is 14.0. The SMILES string of the molecule is Cc1c(C(=O)Nc2ccccc2)sc(NC(=O)OCc2ccccc2)c1C(=O)O. The van der Waals surface area contributed by atoms with Crippen molar-refractivity contribution >= 4 is 40.0 Å². The third-order valence-corrected chi connectivity index (χ3v) is 5.23. The minimum Gasteiger partial charge on any atom is -0.478 e. The van der Waals surface area contributed by atoms with Gasteiger partial charge in [-0.1, -0.05) is 48.5 Å². The van der Waals surface area contributed by atoms with Gasteiger partial charge in [0, 0.05) is 5.69 Å². The number of carboxylic acid groups (broad SMARTS) is 1. The molecule has 8 heteroatoms. The van der Waals surface area contributed by atoms with Gasteiger partial charge in [0.2, 0.25) is 0 Å². The maximum Gasteiger partial charge on any atom is 0.412 e. The summed E-state index contributed by atoms with van der Waals surface area (Å²) >= 11 is 0.887. The van der Waals surface area contributed by atoms with Crippen LogP contribution in [0, 0.1) is 6.92 Å². The molecule has 0 aliphatic carbocycles. The van der Waals surface area contributed by atoms with Gasteiger partial charge in [-0.3, -0.25) is 10.1 Å². The third-order valence-electron chi connectivity index (χ3n) is 4.03. The molecule has 2 aromatic carbocycles. The maximum atomic E-state index is 12.6. The van der Waals surface area contributed by atoms with Crippen molar-refractivity contribution in [1.29, 1.82) is 0 Å². The van der Waals surface area contributed by atoms with Gasteiger partial charge in [0.15, 0.2) is 0 Å². The Morgan fingerprint density at radius 3 is 2.21 bits per heavy atom. The Kier molecular flexibility index (Phi) is 6.25. The van der Waals surface area contributed by atoms with Gasteiger partial charge in [-0.05, 0) is 30.2 Å². The fourth-order valence-electron chi connectivity index (χ4n) is 2.64. The summed E-state index contributed by atoms with van der Waals surface area (Å²) in [4.78, 5) is 36.6. The van der Waals surface area contributed by atoms with E-state index in [9.17, 15) is 19.5 Å². The number of ether oxygens (including phenoxy) is 1. The fraction of sp³-hybridized carbons (Fsp3) is 0.0952. The number of carbonyl (C=O) groups excluding carboxylic acids is 2. The minimum atomic E-state index is -1.24. The first kappa shape index (κ1) is 20.1. The van der Waals surface area contributed by atoms with Crippen LogP contribution in [0.5, 0.6) is 0 Å². The van der Waals surface area contributed by atoms with Crippen LogP contribution < -0.4 is 10.6 Å². The molecule has 0 saturated carbocycles. The minimum absolute atomic E-state index is 0.0424. The van der Waals surface area contributed by atoms with Crippen molar-refractivity contribution < 1.29 is 24.2 Å². The van der Waals surface area contributed by atoms with Crippen molar-refractivity contribution in [2.45, 2.75) is 13.5 Å². The van der Waals surface area contributed by atoms with E-state index in [4.69, 9.17) is 4.74 Å². The summed E-state index contributed by atoms with van der Waals surface area (Å²) < 4.78 is 5.14. The largest absolute Gasteiger partial charge is 0.478 e. The molecule has 1 aromatic heterocycles. The van der Waals surface area contributed by atoms with Gasteiger partial charge in [-0.15, -0.1) is 11.3 Å². The molecule has 0 fully saturated rings. The summed E-state index contributed by atoms with van der Waals surface area (Å²) in [5.74, 6) is -1.69. The lowest BCUT2D eigenvalue weighted by Crippen LogP contribution is -2.15. The summed E-state index contributed by atoms with van der Waals surface area (Å²) in [5.41, 5.74) is 1.52. The van der Waals surface area contributed by atoms with Gasteiger partial charge in [-0.2, -0.15) is 0 Å². The van der Waals surface area contributed by atoms with E-state index in [1.807, 2.05) is 24.3 Å². The number of hydrogen-bond donors (Lipinski definition) is 3. The lowest BCUT2D eigenvalue weighted by atomic mass is 10.1. The van der Waals surface area contributed by atoms with E-state index in [2.05, 4.69) is 10.6 Å². The normalized spacial score (nSPS) is 10.2. The third kappa shape index (κ3) is 4.99. The Balaban J connectivity index is 1.76. The first-order valence-electron chi connectivity index (χ1n) is 8.66. The number of nitrogens with one attached hydrogen (secondary N) is 2. The number of carbonyl (C=O) groups is 3. The molecule has 0 bridgehead atoms. The summed E-state index contributed by atoms with van der Waals surface area (Å²) in [7, 11) is 0. The molecule has 0 radical (unpaired) electrons. The topological polar surface area (TPSA) is 105 Å². The summed E-state index contributed by atoms with van der Waals surface area (Å²) in [6.07, 6.45) is -0.798. The molecule has 1 heterocycles. The van der Waals surface area contributed by atoms with Gasteiger partial charge in [0.25, 0.3) is 5.91 Å². The maximum absolute atomic E-state index is 12.6. The molecule has 148 valence electrons. The van der Waals surface area contributed by atoms with Crippen molar-refractivity contribution in [1.82, 2.24) is 0 Å². The fourth-order valence-corrected chi connectivity index (χ4v) is 3.72. The smallest absolute Gasteiger partial charge is 0.412 e. The zero-order chi connectivity index (χ0) is 20.8. The van der Waals surface area contributed by atoms with Crippen LogP contribution in [0.25, 0.3) is 0 Å². The average molecular weight is 410 g/mol. The number of rotatable bonds is 6. The highest BCUT2D eigenvalue weighted by Gasteiger charge is 2.25. The van der Waals surface area contributed by atoms with E-state index < -0.39 is 18.0 Å². The molecule has 3 N–H and O–H groups in total. The van der Waals surface area contributed by atoms with E-state index >= 15 is 0 Å². The van der Waals surface area contributed by atoms with Gasteiger partial charge in [0.1, 0.15) is 11.6 Å². The van der Waals surface area contributed by atoms with Crippen LogP contribution in [-0.2, 0) is 11.3 Å². The predicted octanol–water partition coefficient (Wildman–Crippen LogP) is 4.76. The Bertz CT molecular complexity index is 1030. The zero-order valence-corrected chi connectivity index (χ0v) is 16.3. The van der Waals surface area contributed by atoms with Crippen LogP contribution >= 0.6 is 11.3 Å². The summed E-state index contributed by atoms with van der Waals surface area (Å²) in [5, 5.41) is 14.7. The van der Waals surface area contributed by atoms with Crippen LogP contribution in [0.2, 0.25) is 0 Å². The molecule has 0 unspecified atom stereocenters. The number of amides is 2. The second-order valence-electron chi connectivity index (χ2n) is 6.07. The predicted molar refractivity (Wildman–Crippen MR) is 111 cm³/mol. The molecule has 3 rings (SSSR count). The van der Waals surface area contributed by atoms with E-state index in [0.717, 1.165) is 16.9 Å². The zero-order valence-electron chi connectivity index (χ0n) is 15.5. The number of benzene rings is 2. The lowest BCUT2D eigenvalue weighted by molar-refractivity contribution is 0.0697. The van der Waals surface area contributed by atoms with E-state index in [1.165, 1.54) is 6.92 Å². The molecule has 0 aliphatic heterocycles. The number of hydrogen-bond acceptors (Lipinski definition) is 5. The molecule has 2 amide bonds. The number of aromatic carboxylic acids is 1. The van der Waals surface area contributed by atoms with Gasteiger partial charge in [0.05, 0.1) is 10.4 Å². The molecule has 0 atom stereocenters. The van der Waals surface area contributed by atoms with Gasteiger partial charge < -0.3 is 15.2 Å². The molecular weight excluding hydrogens is 392 g/mol. The molecular formula is C21H18N2O5S. The number of anilines is 2. The van der Waals surface area contributed by atoms with Crippen molar-refractivity contribution in [3.63, 3.8) is 0 Å². The molecule has 29 heavy (non-hydrogen) atoms. The van der Waals surface area contributed by atoms with Crippen LogP contribution in [0.4, 0.5) is 15.5 Å². The molecule has 3 aromatic rings. The highest BCUT2D eigenvalue weighted by atomic mass is 32.1. The van der Waals surface area contributed by atoms with Gasteiger partial charge >= 0.3 is 12.1 Å². The molecule has 0 spiro atoms. The standard InChI is InChI=1S/C21H18N2O5S/c1-13-16(20(25)26)19(23-21(27)28-12-14-8-4-2-5-9-14)29-17(13)18(24)22-15-10-6-3-7-11-15/h2-11H,12H2,1H3,(H,22,24)(H,23,27)(H,25,26). The molecule has 7 nitrogen and oxygen atoms in total. The highest BCUT2D eigenvalue weighted by molar-refractivity contribution is 7.18. The van der Waals surface area contributed by atoms with Crippen molar-refractivity contribution in [2.24, 2.45) is 0 Å². The van der Waals surface area contributed by atoms with Gasteiger partial charge in [-0.25, -0.2) is 9.59 Å². The quantitative estimate of drug-likeness (QED) is 0.544. The highest BCUT2D eigenvalue weighted by Crippen LogP contribution is 2.34. The second-order valence-corrected chi connectivity index (χ2v) is 7.09. The molecule has 0 aliphatic rings. The number of para-hydroxylation sites is 1. The van der Waals surface area contributed by atoms with E-state index in [0.29, 0.717) is 5.69 Å². The number of thiophene rings is 1. The van der Waals surface area contributed by atoms with Crippen LogP contribution in [0.3, 0.4) is 0 Å². The first-order valence-corrected chi connectivity index (χ1v) is 9.48. The van der Waals surface area contributed by atoms with Crippen molar-refractivity contribution in [3.05, 3.63) is 82.2 Å². The van der Waals surface area contributed by atoms with Crippen LogP contribution in [0.1, 0.15) is 31.2 Å². The Morgan fingerprint density at radius 1 is 0.966 bits per heavy atom. The monoisotopic (exact) mass is 410 g/mol. The van der Waals surface area contributed by atoms with Crippen LogP contribution in [0.15, 0.2) is 60.7 Å². The molecule has 0 saturated heterocycles. The number of carboxylic acids is 1. The Hall–Kier alpha value is -3.65.